The van der Waals surface area contributed by atoms with Gasteiger partial charge in [-0.3, -0.25) is 0 Å². The van der Waals surface area contributed by atoms with E-state index in [0.29, 0.717) is 28.1 Å². The van der Waals surface area contributed by atoms with E-state index < -0.39 is 11.8 Å². The van der Waals surface area contributed by atoms with E-state index in [9.17, 15) is 19.6 Å². The third-order valence-corrected chi connectivity index (χ3v) is 4.21. The van der Waals surface area contributed by atoms with Crippen molar-refractivity contribution in [2.45, 2.75) is 6.92 Å². The van der Waals surface area contributed by atoms with Crippen LogP contribution in [0.5, 0.6) is 11.5 Å². The molecule has 3 aromatic rings. The minimum Gasteiger partial charge on any atom is -0.477 e. The molecule has 0 aliphatic heterocycles. The van der Waals surface area contributed by atoms with Gasteiger partial charge in [0.25, 0.3) is 0 Å². The summed E-state index contributed by atoms with van der Waals surface area (Å²) in [6, 6.07) is 14.6. The second kappa shape index (κ2) is 6.73. The van der Waals surface area contributed by atoms with Crippen LogP contribution in [0, 0.1) is 24.1 Å². The number of hydrogen-bond donors (Lipinski definition) is 1. The summed E-state index contributed by atoms with van der Waals surface area (Å²) in [5.41, 5.74) is 1.86. The minimum atomic E-state index is -1.11. The minimum absolute atomic E-state index is 0.0434. The number of para-hydroxylation sites is 1. The first-order valence-electron chi connectivity index (χ1n) is 7.79. The largest absolute Gasteiger partial charge is 0.477 e. The Balaban J connectivity index is 2.02. The van der Waals surface area contributed by atoms with Crippen molar-refractivity contribution in [3.8, 4) is 28.7 Å². The van der Waals surface area contributed by atoms with Crippen LogP contribution < -0.4 is 4.74 Å². The molecule has 0 radical (unpaired) electrons. The Labute approximate surface area is 149 Å². The number of carboxylic acids is 1. The molecule has 0 saturated heterocycles. The predicted molar refractivity (Wildman–Crippen MR) is 93.7 cm³/mol. The molecule has 5 nitrogen and oxygen atoms in total. The number of halogens is 1. The van der Waals surface area contributed by atoms with E-state index in [2.05, 4.69) is 6.07 Å². The van der Waals surface area contributed by atoms with Gasteiger partial charge in [0, 0.05) is 18.3 Å². The highest BCUT2D eigenvalue weighted by molar-refractivity contribution is 5.97. The van der Waals surface area contributed by atoms with E-state index in [4.69, 9.17) is 4.74 Å². The summed E-state index contributed by atoms with van der Waals surface area (Å²) in [5, 5.41) is 19.0. The fourth-order valence-electron chi connectivity index (χ4n) is 2.81. The maximum absolute atomic E-state index is 13.7. The lowest BCUT2D eigenvalue weighted by atomic mass is 10.0. The molecule has 0 aliphatic carbocycles. The zero-order chi connectivity index (χ0) is 18.8. The van der Waals surface area contributed by atoms with Gasteiger partial charge in [0.2, 0.25) is 0 Å². The molecule has 0 unspecified atom stereocenters. The lowest BCUT2D eigenvalue weighted by molar-refractivity contribution is 0.0687. The number of nitrogens with zero attached hydrogens (tertiary/aromatic N) is 2. The summed E-state index contributed by atoms with van der Waals surface area (Å²) in [7, 11) is 1.61. The van der Waals surface area contributed by atoms with Crippen molar-refractivity contribution in [3.63, 3.8) is 0 Å². The number of carboxylic acid groups (broad SMARTS) is 1. The van der Waals surface area contributed by atoms with E-state index in [-0.39, 0.29) is 11.4 Å². The molecule has 1 aromatic heterocycles. The molecule has 0 spiro atoms. The molecule has 0 aliphatic rings. The molecule has 0 fully saturated rings. The van der Waals surface area contributed by atoms with Crippen LogP contribution in [0.25, 0.3) is 11.1 Å². The predicted octanol–water partition coefficient (Wildman–Crippen LogP) is 4.50. The lowest BCUT2D eigenvalue weighted by Gasteiger charge is -2.08. The van der Waals surface area contributed by atoms with Crippen molar-refractivity contribution in [2.24, 2.45) is 7.05 Å². The number of aromatic carboxylic acids is 1. The number of hydrogen-bond acceptors (Lipinski definition) is 3. The van der Waals surface area contributed by atoms with E-state index >= 15 is 0 Å². The average molecular weight is 350 g/mol. The molecule has 130 valence electrons. The summed E-state index contributed by atoms with van der Waals surface area (Å²) >= 11 is 0. The van der Waals surface area contributed by atoms with E-state index in [1.807, 2.05) is 0 Å². The second-order valence-corrected chi connectivity index (χ2v) is 5.72. The fourth-order valence-corrected chi connectivity index (χ4v) is 2.81. The maximum atomic E-state index is 13.7. The Morgan fingerprint density at radius 2 is 1.85 bits per heavy atom. The quantitative estimate of drug-likeness (QED) is 0.751. The highest BCUT2D eigenvalue weighted by Crippen LogP contribution is 2.33. The van der Waals surface area contributed by atoms with Crippen molar-refractivity contribution in [1.82, 2.24) is 4.57 Å². The van der Waals surface area contributed by atoms with Crippen molar-refractivity contribution in [2.75, 3.05) is 0 Å². The molecular weight excluding hydrogens is 335 g/mol. The summed E-state index contributed by atoms with van der Waals surface area (Å²) in [6.45, 7) is 1.70. The number of nitriles is 1. The van der Waals surface area contributed by atoms with Gasteiger partial charge in [0.15, 0.2) is 11.6 Å². The smallest absolute Gasteiger partial charge is 0.353 e. The first kappa shape index (κ1) is 17.2. The Hall–Kier alpha value is -3.59. The van der Waals surface area contributed by atoms with Crippen molar-refractivity contribution in [1.29, 1.82) is 5.26 Å². The molecule has 0 atom stereocenters. The zero-order valence-electron chi connectivity index (χ0n) is 14.2. The first-order chi connectivity index (χ1) is 12.4. The van der Waals surface area contributed by atoms with Gasteiger partial charge in [-0.05, 0) is 36.8 Å². The van der Waals surface area contributed by atoms with Crippen LogP contribution in [-0.2, 0) is 7.05 Å². The number of ether oxygens (including phenoxy) is 1. The molecule has 2 aromatic carbocycles. The molecule has 0 amide bonds. The Morgan fingerprint density at radius 1 is 1.19 bits per heavy atom. The third-order valence-electron chi connectivity index (χ3n) is 4.21. The van der Waals surface area contributed by atoms with Gasteiger partial charge >= 0.3 is 5.97 Å². The highest BCUT2D eigenvalue weighted by atomic mass is 19.1. The topological polar surface area (TPSA) is 75.2 Å². The second-order valence-electron chi connectivity index (χ2n) is 5.72. The van der Waals surface area contributed by atoms with Gasteiger partial charge in [-0.25, -0.2) is 9.18 Å². The third kappa shape index (κ3) is 2.91. The molecule has 1 N–H and O–H groups in total. The molecular formula is C20H15FN2O3. The van der Waals surface area contributed by atoms with Gasteiger partial charge < -0.3 is 14.4 Å². The van der Waals surface area contributed by atoms with Crippen molar-refractivity contribution in [3.05, 3.63) is 71.3 Å². The van der Waals surface area contributed by atoms with Gasteiger partial charge in [-0.2, -0.15) is 5.26 Å². The molecule has 0 saturated carbocycles. The van der Waals surface area contributed by atoms with Gasteiger partial charge in [0.05, 0.1) is 5.56 Å². The monoisotopic (exact) mass is 350 g/mol. The molecule has 1 heterocycles. The van der Waals surface area contributed by atoms with Crippen LogP contribution >= 0.6 is 0 Å². The van der Waals surface area contributed by atoms with E-state index in [0.717, 1.165) is 0 Å². The maximum Gasteiger partial charge on any atom is 0.353 e. The van der Waals surface area contributed by atoms with Crippen molar-refractivity contribution >= 4 is 5.97 Å². The lowest BCUT2D eigenvalue weighted by Crippen LogP contribution is -2.06. The van der Waals surface area contributed by atoms with Gasteiger partial charge in [0.1, 0.15) is 17.5 Å². The van der Waals surface area contributed by atoms with Crippen LogP contribution in [0.3, 0.4) is 0 Å². The zero-order valence-corrected chi connectivity index (χ0v) is 14.2. The molecule has 6 heteroatoms. The molecule has 3 rings (SSSR count). The number of benzene rings is 2. The number of carbonyl (C=O) groups is 1. The first-order valence-corrected chi connectivity index (χ1v) is 7.79. The fraction of sp³-hybridized carbons (Fsp3) is 0.100. The summed E-state index contributed by atoms with van der Waals surface area (Å²) in [5.74, 6) is -1.09. The summed E-state index contributed by atoms with van der Waals surface area (Å²) < 4.78 is 20.7. The van der Waals surface area contributed by atoms with Gasteiger partial charge in [-0.15, -0.1) is 0 Å². The SMILES string of the molecule is Cc1c(C#N)c(-c2ccc(Oc3ccccc3F)cc2)c(C(=O)O)n1C. The average Bonchev–Trinajstić information content (AvgIpc) is 2.88. The Bertz CT molecular complexity index is 1030. The Kier molecular flexibility index (Phi) is 4.46. The van der Waals surface area contributed by atoms with Gasteiger partial charge in [-0.1, -0.05) is 24.3 Å². The normalized spacial score (nSPS) is 10.4. The molecule has 26 heavy (non-hydrogen) atoms. The summed E-state index contributed by atoms with van der Waals surface area (Å²) in [6.07, 6.45) is 0. The van der Waals surface area contributed by atoms with E-state index in [1.165, 1.54) is 16.7 Å². The van der Waals surface area contributed by atoms with Crippen LogP contribution in [0.2, 0.25) is 0 Å². The Morgan fingerprint density at radius 3 is 2.42 bits per heavy atom. The van der Waals surface area contributed by atoms with Crippen LogP contribution in [-0.4, -0.2) is 15.6 Å². The van der Waals surface area contributed by atoms with Crippen molar-refractivity contribution < 1.29 is 19.0 Å². The van der Waals surface area contributed by atoms with Crippen LogP contribution in [0.15, 0.2) is 48.5 Å². The highest BCUT2D eigenvalue weighted by Gasteiger charge is 2.24. The number of rotatable bonds is 4. The summed E-state index contributed by atoms with van der Waals surface area (Å²) in [4.78, 5) is 11.6. The standard InChI is InChI=1S/C20H15FN2O3/c1-12-15(11-22)18(19(20(24)25)23(12)2)13-7-9-14(10-8-13)26-17-6-4-3-5-16(17)21/h3-10H,1-2H3,(H,24,25). The molecule has 0 bridgehead atoms. The number of aromatic nitrogens is 1. The van der Waals surface area contributed by atoms with Crippen LogP contribution in [0.1, 0.15) is 21.7 Å². The van der Waals surface area contributed by atoms with Crippen LogP contribution in [0.4, 0.5) is 4.39 Å². The van der Waals surface area contributed by atoms with E-state index in [1.54, 1.807) is 50.4 Å².